The Balaban J connectivity index is 3.27. The lowest BCUT2D eigenvalue weighted by Gasteiger charge is -2.20. The van der Waals surface area contributed by atoms with Gasteiger partial charge in [0.1, 0.15) is 0 Å². The number of rotatable bonds is 27. The molecule has 0 aromatic rings. The van der Waals surface area contributed by atoms with Crippen molar-refractivity contribution >= 4 is 23.7 Å². The number of carboxylic acid groups (broad SMARTS) is 2. The second-order valence-corrected chi connectivity index (χ2v) is 11.3. The fourth-order valence-corrected chi connectivity index (χ4v) is 5.38. The summed E-state index contributed by atoms with van der Waals surface area (Å²) in [6, 6.07) is 0. The molecular formula is C28H54O5S. The summed E-state index contributed by atoms with van der Waals surface area (Å²) in [5.41, 5.74) is 0. The Bertz CT molecular complexity index is 485. The van der Waals surface area contributed by atoms with Gasteiger partial charge in [0.15, 0.2) is 0 Å². The third kappa shape index (κ3) is 21.8. The molecule has 34 heavy (non-hydrogen) atoms. The first-order valence-corrected chi connectivity index (χ1v) is 15.2. The quantitative estimate of drug-likeness (QED) is 0.0769. The summed E-state index contributed by atoms with van der Waals surface area (Å²) in [6.07, 6.45) is 28.4. The lowest BCUT2D eigenvalue weighted by molar-refractivity contribution is -0.155. The minimum atomic E-state index is -2.21. The van der Waals surface area contributed by atoms with Crippen molar-refractivity contribution in [3.63, 3.8) is 0 Å². The molecule has 0 radical (unpaired) electrons. The van der Waals surface area contributed by atoms with E-state index in [1.807, 2.05) is 0 Å². The van der Waals surface area contributed by atoms with Gasteiger partial charge < -0.3 is 15.3 Å². The van der Waals surface area contributed by atoms with Gasteiger partial charge in [0.05, 0.1) is 6.42 Å². The average molecular weight is 503 g/mol. The van der Waals surface area contributed by atoms with Crippen molar-refractivity contribution in [2.24, 2.45) is 0 Å². The van der Waals surface area contributed by atoms with E-state index < -0.39 is 23.3 Å². The Hall–Kier alpha value is -0.750. The number of carboxylic acids is 2. The second-order valence-electron chi connectivity index (χ2n) is 9.93. The summed E-state index contributed by atoms with van der Waals surface area (Å²) in [5.74, 6) is -2.31. The predicted molar refractivity (Wildman–Crippen MR) is 145 cm³/mol. The van der Waals surface area contributed by atoms with Crippen LogP contribution in [0.15, 0.2) is 0 Å². The van der Waals surface area contributed by atoms with Crippen LogP contribution in [0.1, 0.15) is 155 Å². The van der Waals surface area contributed by atoms with Gasteiger partial charge in [-0.3, -0.25) is 4.79 Å². The topological polar surface area (TPSA) is 94.8 Å². The minimum absolute atomic E-state index is 0.467. The fraction of sp³-hybridized carbons (Fsp3) is 0.929. The van der Waals surface area contributed by atoms with E-state index in [4.69, 9.17) is 10.2 Å². The number of thioether (sulfide) groups is 1. The molecule has 0 spiro atoms. The van der Waals surface area contributed by atoms with Crippen LogP contribution in [-0.4, -0.2) is 37.9 Å². The van der Waals surface area contributed by atoms with E-state index in [0.717, 1.165) is 31.0 Å². The zero-order valence-electron chi connectivity index (χ0n) is 22.0. The van der Waals surface area contributed by atoms with Crippen LogP contribution in [0.4, 0.5) is 0 Å². The number of hydrogen-bond donors (Lipinski definition) is 3. The van der Waals surface area contributed by atoms with Gasteiger partial charge in [0, 0.05) is 0 Å². The molecule has 3 N–H and O–H groups in total. The smallest absolute Gasteiger partial charge is 0.347 e. The van der Waals surface area contributed by atoms with E-state index in [9.17, 15) is 14.7 Å². The van der Waals surface area contributed by atoms with Gasteiger partial charge >= 0.3 is 11.9 Å². The number of aliphatic carboxylic acids is 2. The monoisotopic (exact) mass is 502 g/mol. The average Bonchev–Trinajstić information content (AvgIpc) is 2.79. The maximum atomic E-state index is 11.1. The van der Waals surface area contributed by atoms with Crippen LogP contribution in [0.5, 0.6) is 0 Å². The molecule has 0 aliphatic carbocycles. The van der Waals surface area contributed by atoms with Crippen molar-refractivity contribution < 1.29 is 24.9 Å². The van der Waals surface area contributed by atoms with Gasteiger partial charge in [-0.2, -0.15) is 0 Å². The van der Waals surface area contributed by atoms with Gasteiger partial charge in [-0.1, -0.05) is 142 Å². The molecule has 0 saturated heterocycles. The van der Waals surface area contributed by atoms with E-state index in [0.29, 0.717) is 5.75 Å². The molecule has 0 aromatic carbocycles. The molecular weight excluding hydrogens is 448 g/mol. The molecule has 0 rings (SSSR count). The van der Waals surface area contributed by atoms with Crippen molar-refractivity contribution in [1.82, 2.24) is 0 Å². The number of hydrogen-bond acceptors (Lipinski definition) is 4. The lowest BCUT2D eigenvalue weighted by Crippen LogP contribution is -2.37. The largest absolute Gasteiger partial charge is 0.481 e. The Morgan fingerprint density at radius 1 is 0.559 bits per heavy atom. The van der Waals surface area contributed by atoms with Crippen molar-refractivity contribution in [2.45, 2.75) is 160 Å². The van der Waals surface area contributed by atoms with Gasteiger partial charge in [-0.25, -0.2) is 4.79 Å². The summed E-state index contributed by atoms with van der Waals surface area (Å²) in [7, 11) is 0. The molecule has 5 nitrogen and oxygen atoms in total. The first-order valence-electron chi connectivity index (χ1n) is 14.2. The summed E-state index contributed by atoms with van der Waals surface area (Å²) in [6.45, 7) is 2.28. The van der Waals surface area contributed by atoms with Crippen molar-refractivity contribution in [3.05, 3.63) is 0 Å². The third-order valence-corrected chi connectivity index (χ3v) is 7.85. The second kappa shape index (κ2) is 24.0. The minimum Gasteiger partial charge on any atom is -0.481 e. The van der Waals surface area contributed by atoms with Crippen molar-refractivity contribution in [2.75, 3.05) is 5.75 Å². The van der Waals surface area contributed by atoms with E-state index in [2.05, 4.69) is 6.92 Å². The number of carbonyl (C=O) groups is 2. The van der Waals surface area contributed by atoms with Crippen LogP contribution in [0, 0.1) is 0 Å². The molecule has 1 atom stereocenters. The zero-order chi connectivity index (χ0) is 25.3. The number of aliphatic hydroxyl groups is 1. The SMILES string of the molecule is CCCCCCCCCCCCCCCCCCCCCCCCSC(O)(CC(=O)O)C(=O)O. The number of unbranched alkanes of at least 4 members (excludes halogenated alkanes) is 21. The molecule has 1 unspecified atom stereocenters. The highest BCUT2D eigenvalue weighted by molar-refractivity contribution is 8.01. The zero-order valence-corrected chi connectivity index (χ0v) is 22.9. The van der Waals surface area contributed by atoms with E-state index in [-0.39, 0.29) is 0 Å². The highest BCUT2D eigenvalue weighted by Gasteiger charge is 2.38. The highest BCUT2D eigenvalue weighted by Crippen LogP contribution is 2.28. The van der Waals surface area contributed by atoms with Crippen LogP contribution < -0.4 is 0 Å². The Kier molecular flexibility index (Phi) is 23.4. The first kappa shape index (κ1) is 33.2. The molecule has 0 aliphatic rings. The normalized spacial score (nSPS) is 13.1. The van der Waals surface area contributed by atoms with Crippen LogP contribution >= 0.6 is 11.8 Å². The molecule has 0 aliphatic heterocycles. The highest BCUT2D eigenvalue weighted by atomic mass is 32.2. The van der Waals surface area contributed by atoms with Crippen LogP contribution in [0.25, 0.3) is 0 Å². The van der Waals surface area contributed by atoms with Gasteiger partial charge in [-0.15, -0.1) is 11.8 Å². The summed E-state index contributed by atoms with van der Waals surface area (Å²) in [4.78, 5) is 19.6. The molecule has 202 valence electrons. The summed E-state index contributed by atoms with van der Waals surface area (Å²) < 4.78 is 0. The summed E-state index contributed by atoms with van der Waals surface area (Å²) in [5, 5.41) is 27.7. The van der Waals surface area contributed by atoms with E-state index in [1.54, 1.807) is 0 Å². The van der Waals surface area contributed by atoms with Crippen LogP contribution in [-0.2, 0) is 9.59 Å². The predicted octanol–water partition coefficient (Wildman–Crippen LogP) is 8.57. The first-order chi connectivity index (χ1) is 16.4. The Labute approximate surface area is 213 Å². The Morgan fingerprint density at radius 3 is 1.12 bits per heavy atom. The molecule has 0 heterocycles. The molecule has 0 bridgehead atoms. The third-order valence-electron chi connectivity index (χ3n) is 6.56. The van der Waals surface area contributed by atoms with Crippen molar-refractivity contribution in [1.29, 1.82) is 0 Å². The maximum Gasteiger partial charge on any atom is 0.347 e. The van der Waals surface area contributed by atoms with Gasteiger partial charge in [-0.05, 0) is 12.2 Å². The molecule has 6 heteroatoms. The van der Waals surface area contributed by atoms with E-state index >= 15 is 0 Å². The molecule has 0 fully saturated rings. The molecule has 0 aromatic heterocycles. The molecule has 0 amide bonds. The van der Waals surface area contributed by atoms with E-state index in [1.165, 1.54) is 122 Å². The lowest BCUT2D eigenvalue weighted by atomic mass is 10.0. The standard InChI is InChI=1S/C28H54O5S/c1-2-3-4-5-6-7-8-9-10-11-12-13-14-15-16-17-18-19-20-21-22-23-24-34-28(33,27(31)32)25-26(29)30/h33H,2-25H2,1H3,(H,29,30)(H,31,32). The summed E-state index contributed by atoms with van der Waals surface area (Å²) >= 11 is 0.827. The van der Waals surface area contributed by atoms with Crippen molar-refractivity contribution in [3.8, 4) is 0 Å². The van der Waals surface area contributed by atoms with Crippen LogP contribution in [0.3, 0.4) is 0 Å². The maximum absolute atomic E-state index is 11.1. The van der Waals surface area contributed by atoms with Gasteiger partial charge in [0.2, 0.25) is 4.93 Å². The Morgan fingerprint density at radius 2 is 0.853 bits per heavy atom. The molecule has 0 saturated carbocycles. The van der Waals surface area contributed by atoms with Gasteiger partial charge in [0.25, 0.3) is 0 Å². The van der Waals surface area contributed by atoms with Crippen LogP contribution in [0.2, 0.25) is 0 Å². The fourth-order valence-electron chi connectivity index (χ4n) is 4.35.